The van der Waals surface area contributed by atoms with Gasteiger partial charge in [-0.1, -0.05) is 43.4 Å². The number of hydrogen-bond acceptors (Lipinski definition) is 6. The molecule has 30 heavy (non-hydrogen) atoms. The first-order valence-corrected chi connectivity index (χ1v) is 10.3. The van der Waals surface area contributed by atoms with Crippen molar-refractivity contribution in [1.29, 1.82) is 0 Å². The molecule has 1 aliphatic heterocycles. The summed E-state index contributed by atoms with van der Waals surface area (Å²) in [6.07, 6.45) is 12.2. The molecule has 0 aromatic rings. The Labute approximate surface area is 174 Å². The summed E-state index contributed by atoms with van der Waals surface area (Å²) in [6.45, 7) is 3.76. The molecule has 6 nitrogen and oxygen atoms in total. The number of ketones is 2. The van der Waals surface area contributed by atoms with Crippen molar-refractivity contribution in [3.63, 3.8) is 0 Å². The molecule has 154 valence electrons. The van der Waals surface area contributed by atoms with E-state index in [-0.39, 0.29) is 53.0 Å². The molecule has 1 fully saturated rings. The van der Waals surface area contributed by atoms with Crippen molar-refractivity contribution >= 4 is 17.5 Å². The predicted molar refractivity (Wildman–Crippen MR) is 108 cm³/mol. The van der Waals surface area contributed by atoms with Gasteiger partial charge < -0.3 is 15.2 Å². The van der Waals surface area contributed by atoms with Crippen LogP contribution in [0.3, 0.4) is 0 Å². The summed E-state index contributed by atoms with van der Waals surface area (Å²) in [5.74, 6) is -1.10. The van der Waals surface area contributed by atoms with E-state index in [1.807, 2.05) is 37.3 Å². The molecule has 0 aromatic heterocycles. The van der Waals surface area contributed by atoms with Crippen LogP contribution < -0.4 is 5.73 Å². The summed E-state index contributed by atoms with van der Waals surface area (Å²) >= 11 is 0. The van der Waals surface area contributed by atoms with Crippen molar-refractivity contribution in [2.24, 2.45) is 28.9 Å². The van der Waals surface area contributed by atoms with E-state index in [0.717, 1.165) is 0 Å². The van der Waals surface area contributed by atoms with Gasteiger partial charge in [-0.3, -0.25) is 9.59 Å². The van der Waals surface area contributed by atoms with Crippen LogP contribution in [0.15, 0.2) is 70.4 Å². The maximum Gasteiger partial charge on any atom is 0.341 e. The average molecular weight is 405 g/mol. The number of rotatable bonds is 2. The fourth-order valence-electron chi connectivity index (χ4n) is 5.62. The van der Waals surface area contributed by atoms with Gasteiger partial charge in [0, 0.05) is 30.3 Å². The first-order chi connectivity index (χ1) is 14.4. The van der Waals surface area contributed by atoms with Gasteiger partial charge in [0.15, 0.2) is 11.6 Å². The second-order valence-electron chi connectivity index (χ2n) is 8.44. The number of esters is 1. The molecular weight excluding hydrogens is 382 g/mol. The second kappa shape index (κ2) is 6.42. The van der Waals surface area contributed by atoms with Crippen LogP contribution in [0.4, 0.5) is 0 Å². The van der Waals surface area contributed by atoms with Gasteiger partial charge in [-0.15, -0.1) is 0 Å². The summed E-state index contributed by atoms with van der Waals surface area (Å²) in [6, 6.07) is 0. The van der Waals surface area contributed by atoms with E-state index in [9.17, 15) is 14.4 Å². The molecule has 1 saturated carbocycles. The average Bonchev–Trinajstić information content (AvgIpc) is 2.93. The highest BCUT2D eigenvalue weighted by atomic mass is 16.5. The Morgan fingerprint density at radius 1 is 1.23 bits per heavy atom. The molecule has 6 heteroatoms. The largest absolute Gasteiger partial charge is 0.462 e. The van der Waals surface area contributed by atoms with Crippen LogP contribution in [-0.2, 0) is 23.9 Å². The molecule has 5 rings (SSSR count). The Morgan fingerprint density at radius 3 is 2.70 bits per heavy atom. The van der Waals surface area contributed by atoms with E-state index in [2.05, 4.69) is 0 Å². The molecular formula is C24H23NO5. The molecule has 5 aliphatic rings. The minimum Gasteiger partial charge on any atom is -0.462 e. The lowest BCUT2D eigenvalue weighted by Gasteiger charge is -2.41. The number of hydrogen-bond donors (Lipinski definition) is 1. The number of carbonyl (C=O) groups is 3. The molecule has 0 radical (unpaired) electrons. The summed E-state index contributed by atoms with van der Waals surface area (Å²) in [5, 5.41) is 0. The molecule has 1 heterocycles. The zero-order valence-corrected chi connectivity index (χ0v) is 16.9. The van der Waals surface area contributed by atoms with Gasteiger partial charge in [0.05, 0.1) is 12.2 Å². The Balaban J connectivity index is 1.85. The third-order valence-electron chi connectivity index (χ3n) is 6.64. The maximum atomic E-state index is 14.1. The van der Waals surface area contributed by atoms with Crippen LogP contribution in [0.1, 0.15) is 26.7 Å². The fourth-order valence-corrected chi connectivity index (χ4v) is 5.62. The highest BCUT2D eigenvalue weighted by Crippen LogP contribution is 2.63. The number of carbonyl (C=O) groups excluding carboxylic acids is 3. The maximum absolute atomic E-state index is 14.1. The van der Waals surface area contributed by atoms with Gasteiger partial charge >= 0.3 is 5.97 Å². The third kappa shape index (κ3) is 2.22. The number of ether oxygens (including phenoxy) is 2. The van der Waals surface area contributed by atoms with E-state index >= 15 is 0 Å². The van der Waals surface area contributed by atoms with Crippen molar-refractivity contribution in [3.05, 3.63) is 70.4 Å². The number of allylic oxidation sites excluding steroid dienone is 10. The minimum absolute atomic E-state index is 0.0116. The number of Topliss-reactive ketones (excluding diaryl/α,β-unsaturated/α-hetero) is 2. The van der Waals surface area contributed by atoms with E-state index in [4.69, 9.17) is 15.2 Å². The molecule has 2 N–H and O–H groups in total. The summed E-state index contributed by atoms with van der Waals surface area (Å²) in [4.78, 5) is 40.6. The Morgan fingerprint density at radius 2 is 1.97 bits per heavy atom. The molecule has 4 atom stereocenters. The van der Waals surface area contributed by atoms with Crippen LogP contribution in [0, 0.1) is 23.2 Å². The SMILES string of the molecule is CCOC(=O)C1=C(N)OC2=C(C(=O)CC(C)C2)C12C(=O)C1=CC=CC3C=CC=C2C13. The Bertz CT molecular complexity index is 1080. The van der Waals surface area contributed by atoms with Crippen molar-refractivity contribution < 1.29 is 23.9 Å². The van der Waals surface area contributed by atoms with Crippen LogP contribution in [0.5, 0.6) is 0 Å². The van der Waals surface area contributed by atoms with Crippen LogP contribution in [-0.4, -0.2) is 24.1 Å². The highest BCUT2D eigenvalue weighted by molar-refractivity contribution is 6.22. The van der Waals surface area contributed by atoms with Gasteiger partial charge in [0.25, 0.3) is 0 Å². The summed E-state index contributed by atoms with van der Waals surface area (Å²) < 4.78 is 11.1. The van der Waals surface area contributed by atoms with Crippen LogP contribution >= 0.6 is 0 Å². The monoisotopic (exact) mass is 405 g/mol. The topological polar surface area (TPSA) is 95.7 Å². The van der Waals surface area contributed by atoms with Gasteiger partial charge in [0.2, 0.25) is 5.88 Å². The van der Waals surface area contributed by atoms with Crippen molar-refractivity contribution in [2.45, 2.75) is 26.7 Å². The van der Waals surface area contributed by atoms with E-state index < -0.39 is 11.4 Å². The zero-order chi connectivity index (χ0) is 21.2. The van der Waals surface area contributed by atoms with Gasteiger partial charge in [0.1, 0.15) is 16.7 Å². The second-order valence-corrected chi connectivity index (χ2v) is 8.44. The van der Waals surface area contributed by atoms with Crippen LogP contribution in [0.25, 0.3) is 0 Å². The van der Waals surface area contributed by atoms with Gasteiger partial charge in [-0.05, 0) is 18.4 Å². The molecule has 1 spiro atoms. The molecule has 0 amide bonds. The van der Waals surface area contributed by atoms with E-state index in [1.54, 1.807) is 13.0 Å². The van der Waals surface area contributed by atoms with Gasteiger partial charge in [-0.2, -0.15) is 0 Å². The minimum atomic E-state index is -1.58. The molecule has 4 aliphatic carbocycles. The number of fused-ring (bicyclic) bond motifs is 2. The Kier molecular flexibility index (Phi) is 4.04. The Hall–Kier alpha value is -3.15. The van der Waals surface area contributed by atoms with Crippen LogP contribution in [0.2, 0.25) is 0 Å². The van der Waals surface area contributed by atoms with E-state index in [1.165, 1.54) is 0 Å². The summed E-state index contributed by atoms with van der Waals surface area (Å²) in [5.41, 5.74) is 6.18. The highest BCUT2D eigenvalue weighted by Gasteiger charge is 2.66. The van der Waals surface area contributed by atoms with Gasteiger partial charge in [-0.25, -0.2) is 4.79 Å². The molecule has 0 saturated heterocycles. The van der Waals surface area contributed by atoms with Crippen molar-refractivity contribution in [1.82, 2.24) is 0 Å². The first-order valence-electron chi connectivity index (χ1n) is 10.3. The lowest BCUT2D eigenvalue weighted by atomic mass is 9.61. The molecule has 0 bridgehead atoms. The lowest BCUT2D eigenvalue weighted by Crippen LogP contribution is -2.46. The fraction of sp³-hybridized carbons (Fsp3) is 0.375. The quantitative estimate of drug-likeness (QED) is 0.710. The zero-order valence-electron chi connectivity index (χ0n) is 16.9. The third-order valence-corrected chi connectivity index (χ3v) is 6.64. The smallest absolute Gasteiger partial charge is 0.341 e. The van der Waals surface area contributed by atoms with Crippen molar-refractivity contribution in [2.75, 3.05) is 6.61 Å². The molecule has 4 unspecified atom stereocenters. The van der Waals surface area contributed by atoms with E-state index in [0.29, 0.717) is 29.7 Å². The standard InChI is InChI=1S/C24H23NO5/c1-3-29-23(28)20-22(25)30-17-11-12(2)10-16(26)19(17)24(20)15-9-5-7-13-6-4-8-14(18(13)15)21(24)27/h4-9,12-13,18H,3,10-11,25H2,1-2H3. The predicted octanol–water partition coefficient (Wildman–Crippen LogP) is 2.80. The number of nitrogens with two attached hydrogens (primary N) is 1. The first kappa shape index (κ1) is 18.9. The summed E-state index contributed by atoms with van der Waals surface area (Å²) in [7, 11) is 0. The molecule has 0 aromatic carbocycles. The lowest BCUT2D eigenvalue weighted by molar-refractivity contribution is -0.141. The normalized spacial score (nSPS) is 33.9. The van der Waals surface area contributed by atoms with Crippen molar-refractivity contribution in [3.8, 4) is 0 Å².